The summed E-state index contributed by atoms with van der Waals surface area (Å²) in [5.74, 6) is -0.172. The topological polar surface area (TPSA) is 59.8 Å². The van der Waals surface area contributed by atoms with E-state index in [9.17, 15) is 4.79 Å². The lowest BCUT2D eigenvalue weighted by Gasteiger charge is -2.08. The molecule has 0 bridgehead atoms. The van der Waals surface area contributed by atoms with Crippen molar-refractivity contribution in [1.29, 1.82) is 0 Å². The van der Waals surface area contributed by atoms with E-state index in [0.717, 1.165) is 22.4 Å². The average molecular weight is 401 g/mol. The van der Waals surface area contributed by atoms with E-state index in [-0.39, 0.29) is 5.91 Å². The maximum absolute atomic E-state index is 12.7. The number of aromatic nitrogens is 3. The average Bonchev–Trinajstić information content (AvgIpc) is 3.39. The third kappa shape index (κ3) is 4.67. The third-order valence-corrected chi connectivity index (χ3v) is 5.28. The Kier molecular flexibility index (Phi) is 5.63. The summed E-state index contributed by atoms with van der Waals surface area (Å²) >= 11 is 1.42. The number of benzene rings is 1. The highest BCUT2D eigenvalue weighted by Gasteiger charge is 2.13. The highest BCUT2D eigenvalue weighted by molar-refractivity contribution is 7.14. The van der Waals surface area contributed by atoms with Gasteiger partial charge in [0, 0.05) is 30.5 Å². The molecule has 5 nitrogen and oxygen atoms in total. The number of allylic oxidation sites excluding steroid dienone is 1. The summed E-state index contributed by atoms with van der Waals surface area (Å²) in [5.41, 5.74) is 4.79. The molecular weight excluding hydrogens is 380 g/mol. The van der Waals surface area contributed by atoms with Crippen molar-refractivity contribution in [2.75, 3.05) is 5.32 Å². The highest BCUT2D eigenvalue weighted by atomic mass is 32.1. The molecule has 0 spiro atoms. The fourth-order valence-corrected chi connectivity index (χ4v) is 3.68. The number of pyridine rings is 1. The number of carbonyl (C=O) groups is 1. The molecule has 0 radical (unpaired) electrons. The molecule has 0 aliphatic heterocycles. The maximum atomic E-state index is 12.7. The fourth-order valence-electron chi connectivity index (χ4n) is 3.02. The second kappa shape index (κ2) is 8.67. The predicted octanol–water partition coefficient (Wildman–Crippen LogP) is 5.20. The van der Waals surface area contributed by atoms with Crippen LogP contribution >= 0.6 is 11.3 Å². The number of rotatable bonds is 6. The summed E-state index contributed by atoms with van der Waals surface area (Å²) in [6.07, 6.45) is 7.42. The quantitative estimate of drug-likeness (QED) is 0.484. The Hall–Kier alpha value is -3.51. The minimum Gasteiger partial charge on any atom is -0.339 e. The molecule has 0 saturated heterocycles. The van der Waals surface area contributed by atoms with E-state index in [1.807, 2.05) is 64.7 Å². The number of carbonyl (C=O) groups excluding carboxylic acids is 1. The minimum atomic E-state index is -0.172. The van der Waals surface area contributed by atoms with Crippen LogP contribution < -0.4 is 5.32 Å². The summed E-state index contributed by atoms with van der Waals surface area (Å²) in [6, 6.07) is 17.7. The third-order valence-electron chi connectivity index (χ3n) is 4.50. The number of hydrogen-bond acceptors (Lipinski definition) is 4. The molecule has 1 N–H and O–H groups in total. The van der Waals surface area contributed by atoms with Gasteiger partial charge < -0.3 is 4.57 Å². The zero-order chi connectivity index (χ0) is 20.1. The predicted molar refractivity (Wildman–Crippen MR) is 118 cm³/mol. The molecule has 3 aromatic heterocycles. The molecule has 4 aromatic rings. The van der Waals surface area contributed by atoms with E-state index in [2.05, 4.69) is 34.3 Å². The number of hydrogen-bond donors (Lipinski definition) is 1. The van der Waals surface area contributed by atoms with Crippen molar-refractivity contribution in [3.05, 3.63) is 101 Å². The van der Waals surface area contributed by atoms with Gasteiger partial charge in [-0.1, -0.05) is 30.3 Å². The lowest BCUT2D eigenvalue weighted by Crippen LogP contribution is -2.17. The fraction of sp³-hybridized carbons (Fsp3) is 0.0870. The summed E-state index contributed by atoms with van der Waals surface area (Å²) in [7, 11) is 0. The van der Waals surface area contributed by atoms with E-state index < -0.39 is 0 Å². The monoisotopic (exact) mass is 400 g/mol. The van der Waals surface area contributed by atoms with Crippen LogP contribution in [-0.4, -0.2) is 20.4 Å². The second-order valence-electron chi connectivity index (χ2n) is 6.60. The molecule has 144 valence electrons. The Morgan fingerprint density at radius 2 is 1.90 bits per heavy atom. The van der Waals surface area contributed by atoms with E-state index in [0.29, 0.717) is 17.4 Å². The molecule has 6 heteroatoms. The van der Waals surface area contributed by atoms with Gasteiger partial charge in [0.05, 0.1) is 5.69 Å². The molecular formula is C23H20N4OS. The van der Waals surface area contributed by atoms with Crippen LogP contribution in [0.3, 0.4) is 0 Å². The Morgan fingerprint density at radius 1 is 1.10 bits per heavy atom. The SMILES string of the molecule is C/C(=C\c1csc(NC(=O)c2cccn2Cc2ccncc2)n1)c1ccccc1. The van der Waals surface area contributed by atoms with Gasteiger partial charge in [0.1, 0.15) is 5.69 Å². The van der Waals surface area contributed by atoms with Gasteiger partial charge >= 0.3 is 0 Å². The van der Waals surface area contributed by atoms with Gasteiger partial charge in [-0.3, -0.25) is 15.1 Å². The van der Waals surface area contributed by atoms with E-state index in [4.69, 9.17) is 0 Å². The zero-order valence-electron chi connectivity index (χ0n) is 15.9. The molecule has 1 amide bonds. The van der Waals surface area contributed by atoms with Crippen LogP contribution in [0, 0.1) is 0 Å². The number of anilines is 1. The van der Waals surface area contributed by atoms with E-state index >= 15 is 0 Å². The van der Waals surface area contributed by atoms with E-state index in [1.54, 1.807) is 12.4 Å². The van der Waals surface area contributed by atoms with Gasteiger partial charge in [-0.15, -0.1) is 11.3 Å². The largest absolute Gasteiger partial charge is 0.339 e. The molecule has 0 aliphatic rings. The van der Waals surface area contributed by atoms with Crippen molar-refractivity contribution >= 4 is 34.0 Å². The molecule has 0 unspecified atom stereocenters. The van der Waals surface area contributed by atoms with Crippen LogP contribution in [0.2, 0.25) is 0 Å². The molecule has 4 rings (SSSR count). The van der Waals surface area contributed by atoms with Crippen molar-refractivity contribution in [2.24, 2.45) is 0 Å². The summed E-state index contributed by atoms with van der Waals surface area (Å²) < 4.78 is 1.92. The van der Waals surface area contributed by atoms with Crippen LogP contribution in [0.15, 0.2) is 78.6 Å². The molecule has 3 heterocycles. The number of thiazole rings is 1. The lowest BCUT2D eigenvalue weighted by molar-refractivity contribution is 0.101. The Morgan fingerprint density at radius 3 is 2.69 bits per heavy atom. The molecule has 0 atom stereocenters. The van der Waals surface area contributed by atoms with Gasteiger partial charge in [-0.2, -0.15) is 0 Å². The van der Waals surface area contributed by atoms with Crippen LogP contribution in [0.25, 0.3) is 11.6 Å². The summed E-state index contributed by atoms with van der Waals surface area (Å²) in [5, 5.41) is 5.43. The summed E-state index contributed by atoms with van der Waals surface area (Å²) in [6.45, 7) is 2.67. The molecule has 0 fully saturated rings. The van der Waals surface area contributed by atoms with Crippen molar-refractivity contribution in [3.63, 3.8) is 0 Å². The van der Waals surface area contributed by atoms with Crippen molar-refractivity contribution in [3.8, 4) is 0 Å². The van der Waals surface area contributed by atoms with Gasteiger partial charge in [0.25, 0.3) is 5.91 Å². The first-order valence-electron chi connectivity index (χ1n) is 9.24. The first-order valence-corrected chi connectivity index (χ1v) is 10.1. The van der Waals surface area contributed by atoms with Gasteiger partial charge in [0.2, 0.25) is 0 Å². The Balaban J connectivity index is 1.46. The number of nitrogens with zero attached hydrogens (tertiary/aromatic N) is 3. The zero-order valence-corrected chi connectivity index (χ0v) is 16.8. The van der Waals surface area contributed by atoms with Gasteiger partial charge in [-0.25, -0.2) is 4.98 Å². The highest BCUT2D eigenvalue weighted by Crippen LogP contribution is 2.22. The minimum absolute atomic E-state index is 0.172. The molecule has 0 saturated carbocycles. The van der Waals surface area contributed by atoms with Crippen molar-refractivity contribution in [2.45, 2.75) is 13.5 Å². The maximum Gasteiger partial charge on any atom is 0.274 e. The first kappa shape index (κ1) is 18.8. The second-order valence-corrected chi connectivity index (χ2v) is 7.46. The van der Waals surface area contributed by atoms with Crippen LogP contribution in [0.5, 0.6) is 0 Å². The van der Waals surface area contributed by atoms with Crippen LogP contribution in [0.4, 0.5) is 5.13 Å². The van der Waals surface area contributed by atoms with Crippen molar-refractivity contribution < 1.29 is 4.79 Å². The first-order chi connectivity index (χ1) is 14.2. The molecule has 0 aliphatic carbocycles. The lowest BCUT2D eigenvalue weighted by atomic mass is 10.1. The van der Waals surface area contributed by atoms with Gasteiger partial charge in [0.15, 0.2) is 5.13 Å². The molecule has 1 aromatic carbocycles. The van der Waals surface area contributed by atoms with Gasteiger partial charge in [-0.05, 0) is 54.0 Å². The van der Waals surface area contributed by atoms with E-state index in [1.165, 1.54) is 11.3 Å². The van der Waals surface area contributed by atoms with Crippen molar-refractivity contribution in [1.82, 2.24) is 14.5 Å². The summed E-state index contributed by atoms with van der Waals surface area (Å²) in [4.78, 5) is 21.3. The van der Waals surface area contributed by atoms with Crippen LogP contribution in [-0.2, 0) is 6.54 Å². The number of amides is 1. The Bertz CT molecular complexity index is 1130. The molecule has 29 heavy (non-hydrogen) atoms. The number of nitrogens with one attached hydrogen (secondary N) is 1. The smallest absolute Gasteiger partial charge is 0.274 e. The standard InChI is InChI=1S/C23H20N4OS/c1-17(19-6-3-2-4-7-19)14-20-16-29-23(25-20)26-22(28)21-8-5-13-27(21)15-18-9-11-24-12-10-18/h2-14,16H,15H2,1H3,(H,25,26,28)/b17-14+. The van der Waals surface area contributed by atoms with Crippen LogP contribution in [0.1, 0.15) is 34.2 Å². The normalized spacial score (nSPS) is 11.4. The Labute approximate surface area is 173 Å².